The molecule has 0 atom stereocenters. The van der Waals surface area contributed by atoms with Gasteiger partial charge in [-0.3, -0.25) is 10.4 Å². The molecule has 1 aromatic carbocycles. The Morgan fingerprint density at radius 1 is 1.27 bits per heavy atom. The van der Waals surface area contributed by atoms with Crippen LogP contribution >= 0.6 is 12.2 Å². The van der Waals surface area contributed by atoms with Gasteiger partial charge in [-0.2, -0.15) is 5.10 Å². The van der Waals surface area contributed by atoms with Gasteiger partial charge in [0, 0.05) is 12.7 Å². The maximum atomic E-state index is 5.94. The molecule has 0 fully saturated rings. The zero-order valence-corrected chi connectivity index (χ0v) is 12.8. The van der Waals surface area contributed by atoms with Crippen molar-refractivity contribution < 1.29 is 0 Å². The summed E-state index contributed by atoms with van der Waals surface area (Å²) in [5, 5.41) is 7.30. The molecule has 0 saturated heterocycles. The molecule has 0 unspecified atom stereocenters. The lowest BCUT2D eigenvalue weighted by Gasteiger charge is -2.07. The smallest absolute Gasteiger partial charge is 0.187 e. The third-order valence-corrected chi connectivity index (χ3v) is 3.05. The molecule has 112 valence electrons. The van der Waals surface area contributed by atoms with E-state index >= 15 is 0 Å². The fourth-order valence-electron chi connectivity index (χ4n) is 1.75. The van der Waals surface area contributed by atoms with Crippen LogP contribution in [0.15, 0.2) is 66.4 Å². The van der Waals surface area contributed by atoms with Crippen molar-refractivity contribution in [2.75, 3.05) is 6.54 Å². The van der Waals surface area contributed by atoms with E-state index in [4.69, 9.17) is 18.0 Å². The molecule has 22 heavy (non-hydrogen) atoms. The van der Waals surface area contributed by atoms with Crippen LogP contribution in [0.5, 0.6) is 0 Å². The molecule has 0 amide bonds. The molecule has 5 nitrogen and oxygen atoms in total. The summed E-state index contributed by atoms with van der Waals surface area (Å²) in [6.07, 6.45) is 3.40. The third kappa shape index (κ3) is 4.39. The number of nitrogens with one attached hydrogen (secondary N) is 2. The fourth-order valence-corrected chi connectivity index (χ4v) is 1.88. The maximum absolute atomic E-state index is 5.94. The summed E-state index contributed by atoms with van der Waals surface area (Å²) in [7, 11) is 0. The minimum atomic E-state index is 0.264. The highest BCUT2D eigenvalue weighted by Gasteiger charge is 2.04. The number of nitrogens with zero attached hydrogens (tertiary/aromatic N) is 2. The SMILES string of the molecule is C=CCNC(=S)N/N=C(\N)c1cc(-c2ccccc2)ccn1. The summed E-state index contributed by atoms with van der Waals surface area (Å²) in [6, 6.07) is 13.8. The van der Waals surface area contributed by atoms with Gasteiger partial charge >= 0.3 is 0 Å². The molecule has 4 N–H and O–H groups in total. The molecule has 0 radical (unpaired) electrons. The van der Waals surface area contributed by atoms with Gasteiger partial charge in [0.15, 0.2) is 10.9 Å². The Hall–Kier alpha value is -2.73. The van der Waals surface area contributed by atoms with Crippen molar-refractivity contribution in [2.45, 2.75) is 0 Å². The van der Waals surface area contributed by atoms with E-state index in [0.29, 0.717) is 17.4 Å². The number of hydrogen-bond donors (Lipinski definition) is 3. The zero-order chi connectivity index (χ0) is 15.8. The number of thiocarbonyl (C=S) groups is 1. The molecule has 0 aliphatic rings. The van der Waals surface area contributed by atoms with Crippen LogP contribution in [0.1, 0.15) is 5.69 Å². The summed E-state index contributed by atoms with van der Waals surface area (Å²) in [5.74, 6) is 0.264. The fraction of sp³-hybridized carbons (Fsp3) is 0.0625. The van der Waals surface area contributed by atoms with Crippen LogP contribution < -0.4 is 16.5 Å². The van der Waals surface area contributed by atoms with Crippen molar-refractivity contribution in [3.8, 4) is 11.1 Å². The van der Waals surface area contributed by atoms with Crippen LogP contribution in [0.25, 0.3) is 11.1 Å². The normalized spacial score (nSPS) is 10.8. The Labute approximate surface area is 135 Å². The third-order valence-electron chi connectivity index (χ3n) is 2.81. The van der Waals surface area contributed by atoms with Gasteiger partial charge in [0.1, 0.15) is 5.69 Å². The zero-order valence-electron chi connectivity index (χ0n) is 12.0. The second kappa shape index (κ2) is 7.90. The van der Waals surface area contributed by atoms with Crippen LogP contribution in [-0.2, 0) is 0 Å². The lowest BCUT2D eigenvalue weighted by Crippen LogP contribution is -2.33. The van der Waals surface area contributed by atoms with Crippen LogP contribution in [0, 0.1) is 0 Å². The number of benzene rings is 1. The molecule has 1 heterocycles. The first-order chi connectivity index (χ1) is 10.7. The van der Waals surface area contributed by atoms with Gasteiger partial charge in [-0.25, -0.2) is 0 Å². The molecule has 1 aromatic heterocycles. The largest absolute Gasteiger partial charge is 0.380 e. The number of nitrogens with two attached hydrogens (primary N) is 1. The highest BCUT2D eigenvalue weighted by molar-refractivity contribution is 7.80. The van der Waals surface area contributed by atoms with Gasteiger partial charge in [-0.15, -0.1) is 6.58 Å². The van der Waals surface area contributed by atoms with Crippen LogP contribution in [0.4, 0.5) is 0 Å². The molecular formula is C16H17N5S. The Bertz CT molecular complexity index is 682. The molecule has 6 heteroatoms. The monoisotopic (exact) mass is 311 g/mol. The van der Waals surface area contributed by atoms with E-state index in [0.717, 1.165) is 11.1 Å². The topological polar surface area (TPSA) is 75.3 Å². The van der Waals surface area contributed by atoms with Gasteiger partial charge in [-0.1, -0.05) is 36.4 Å². The van der Waals surface area contributed by atoms with E-state index in [-0.39, 0.29) is 5.84 Å². The number of rotatable bonds is 5. The van der Waals surface area contributed by atoms with E-state index in [2.05, 4.69) is 27.4 Å². The number of pyridine rings is 1. The quantitative estimate of drug-likeness (QED) is 0.259. The number of hydrogen-bond acceptors (Lipinski definition) is 3. The minimum absolute atomic E-state index is 0.264. The van der Waals surface area contributed by atoms with Gasteiger partial charge in [0.25, 0.3) is 0 Å². The van der Waals surface area contributed by atoms with Gasteiger partial charge in [0.2, 0.25) is 0 Å². The molecular weight excluding hydrogens is 294 g/mol. The van der Waals surface area contributed by atoms with Crippen LogP contribution in [0.3, 0.4) is 0 Å². The summed E-state index contributed by atoms with van der Waals surface area (Å²) >= 11 is 5.04. The number of hydrazone groups is 1. The molecule has 0 saturated carbocycles. The van der Waals surface area contributed by atoms with Gasteiger partial charge in [-0.05, 0) is 35.5 Å². The van der Waals surface area contributed by atoms with Crippen molar-refractivity contribution in [3.63, 3.8) is 0 Å². The highest BCUT2D eigenvalue weighted by atomic mass is 32.1. The minimum Gasteiger partial charge on any atom is -0.380 e. The molecule has 0 spiro atoms. The van der Waals surface area contributed by atoms with Crippen molar-refractivity contribution in [1.29, 1.82) is 0 Å². The molecule has 2 rings (SSSR count). The summed E-state index contributed by atoms with van der Waals surface area (Å²) in [5.41, 5.74) is 11.3. The van der Waals surface area contributed by atoms with Crippen molar-refractivity contribution in [3.05, 3.63) is 67.0 Å². The van der Waals surface area contributed by atoms with Gasteiger partial charge < -0.3 is 11.1 Å². The average Bonchev–Trinajstić information content (AvgIpc) is 2.58. The average molecular weight is 311 g/mol. The first kappa shape index (κ1) is 15.7. The number of amidine groups is 1. The van der Waals surface area contributed by atoms with Gasteiger partial charge in [0.05, 0.1) is 0 Å². The predicted octanol–water partition coefficient (Wildman–Crippen LogP) is 2.02. The number of aromatic nitrogens is 1. The molecule has 0 bridgehead atoms. The highest BCUT2D eigenvalue weighted by Crippen LogP contribution is 2.18. The van der Waals surface area contributed by atoms with E-state index in [1.54, 1.807) is 12.3 Å². The summed E-state index contributed by atoms with van der Waals surface area (Å²) in [4.78, 5) is 4.23. The lowest BCUT2D eigenvalue weighted by molar-refractivity contribution is 0.933. The predicted molar refractivity (Wildman–Crippen MR) is 94.3 cm³/mol. The van der Waals surface area contributed by atoms with E-state index in [9.17, 15) is 0 Å². The van der Waals surface area contributed by atoms with Crippen LogP contribution in [-0.4, -0.2) is 22.5 Å². The molecule has 0 aliphatic carbocycles. The van der Waals surface area contributed by atoms with Crippen molar-refractivity contribution >= 4 is 23.2 Å². The van der Waals surface area contributed by atoms with E-state index in [1.165, 1.54) is 0 Å². The summed E-state index contributed by atoms with van der Waals surface area (Å²) in [6.45, 7) is 4.15. The summed E-state index contributed by atoms with van der Waals surface area (Å²) < 4.78 is 0. The molecule has 2 aromatic rings. The maximum Gasteiger partial charge on any atom is 0.187 e. The van der Waals surface area contributed by atoms with Crippen LogP contribution in [0.2, 0.25) is 0 Å². The Kier molecular flexibility index (Phi) is 5.62. The standard InChI is InChI=1S/C16H17N5S/c1-2-9-19-16(22)21-20-15(17)14-11-13(8-10-18-14)12-6-4-3-5-7-12/h2-8,10-11H,1,9H2,(H2,17,20)(H2,19,21,22). The Morgan fingerprint density at radius 3 is 2.77 bits per heavy atom. The van der Waals surface area contributed by atoms with Crippen molar-refractivity contribution in [1.82, 2.24) is 15.7 Å². The van der Waals surface area contributed by atoms with E-state index < -0.39 is 0 Å². The first-order valence-electron chi connectivity index (χ1n) is 6.70. The Balaban J connectivity index is 2.12. The second-order valence-electron chi connectivity index (χ2n) is 4.40. The van der Waals surface area contributed by atoms with Crippen molar-refractivity contribution in [2.24, 2.45) is 10.8 Å². The lowest BCUT2D eigenvalue weighted by atomic mass is 10.1. The molecule has 0 aliphatic heterocycles. The van der Waals surface area contributed by atoms with E-state index in [1.807, 2.05) is 42.5 Å². The first-order valence-corrected chi connectivity index (χ1v) is 7.11. The Morgan fingerprint density at radius 2 is 2.05 bits per heavy atom. The second-order valence-corrected chi connectivity index (χ2v) is 4.81.